The SMILES string of the molecule is CC(C)(C)[S+]([O-])N[C@@H]1c2ccccc2CC12CCN(c1ncc(I)nn1)CC2. The molecule has 1 aliphatic carbocycles. The van der Waals surface area contributed by atoms with Gasteiger partial charge in [-0.1, -0.05) is 24.3 Å². The first kappa shape index (κ1) is 20.3. The standard InChI is InChI=1S/C20H26IN5OS/c1-19(2,3)28(27)25-17-15-7-5-4-6-14(15)12-20(17)8-10-26(11-9-20)18-22-13-16(21)23-24-18/h4-7,13,17,25H,8-12H2,1-3H3/t17-,28?/m1/s1. The molecule has 8 heteroatoms. The van der Waals surface area contributed by atoms with E-state index in [9.17, 15) is 4.55 Å². The molecule has 2 atom stereocenters. The molecule has 1 fully saturated rings. The lowest BCUT2D eigenvalue weighted by Gasteiger charge is -2.43. The van der Waals surface area contributed by atoms with Crippen molar-refractivity contribution in [2.75, 3.05) is 18.0 Å². The second-order valence-corrected chi connectivity index (χ2v) is 11.8. The number of anilines is 1. The number of halogens is 1. The second kappa shape index (κ2) is 7.70. The average Bonchev–Trinajstić information content (AvgIpc) is 2.95. The lowest BCUT2D eigenvalue weighted by atomic mass is 9.73. The molecular weight excluding hydrogens is 485 g/mol. The molecule has 0 bridgehead atoms. The van der Waals surface area contributed by atoms with Crippen LogP contribution in [0.3, 0.4) is 0 Å². The number of piperidine rings is 1. The molecule has 1 unspecified atom stereocenters. The number of rotatable bonds is 3. The third kappa shape index (κ3) is 3.88. The Kier molecular flexibility index (Phi) is 5.58. The fraction of sp³-hybridized carbons (Fsp3) is 0.550. The van der Waals surface area contributed by atoms with Gasteiger partial charge in [-0.2, -0.15) is 0 Å². The Morgan fingerprint density at radius 2 is 1.93 bits per heavy atom. The van der Waals surface area contributed by atoms with Gasteiger partial charge in [0.05, 0.1) is 12.2 Å². The van der Waals surface area contributed by atoms with Crippen molar-refractivity contribution in [3.63, 3.8) is 0 Å². The number of fused-ring (bicyclic) bond motifs is 1. The minimum atomic E-state index is -1.11. The number of nitrogens with one attached hydrogen (secondary N) is 1. The average molecular weight is 511 g/mol. The third-order valence-electron chi connectivity index (χ3n) is 5.87. The van der Waals surface area contributed by atoms with Crippen molar-refractivity contribution in [3.05, 3.63) is 45.3 Å². The van der Waals surface area contributed by atoms with Crippen molar-refractivity contribution in [1.82, 2.24) is 19.9 Å². The van der Waals surface area contributed by atoms with Gasteiger partial charge in [0.15, 0.2) is 0 Å². The van der Waals surface area contributed by atoms with Crippen molar-refractivity contribution in [2.45, 2.75) is 50.8 Å². The summed E-state index contributed by atoms with van der Waals surface area (Å²) in [7, 11) is 0. The lowest BCUT2D eigenvalue weighted by molar-refractivity contribution is 0.175. The van der Waals surface area contributed by atoms with Crippen LogP contribution < -0.4 is 9.62 Å². The summed E-state index contributed by atoms with van der Waals surface area (Å²) in [6.07, 6.45) is 4.81. The van der Waals surface area contributed by atoms with E-state index in [4.69, 9.17) is 0 Å². The molecule has 0 amide bonds. The number of hydrogen-bond acceptors (Lipinski definition) is 6. The summed E-state index contributed by atoms with van der Waals surface area (Å²) in [5, 5.41) is 8.39. The van der Waals surface area contributed by atoms with Gasteiger partial charge in [-0.25, -0.2) is 4.98 Å². The van der Waals surface area contributed by atoms with E-state index in [1.807, 2.05) is 20.8 Å². The van der Waals surface area contributed by atoms with Crippen molar-refractivity contribution in [3.8, 4) is 0 Å². The van der Waals surface area contributed by atoms with E-state index in [0.29, 0.717) is 5.95 Å². The highest BCUT2D eigenvalue weighted by Gasteiger charge is 2.50. The zero-order chi connectivity index (χ0) is 19.9. The minimum absolute atomic E-state index is 0.0811. The van der Waals surface area contributed by atoms with Gasteiger partial charge in [0.25, 0.3) is 0 Å². The number of hydrogen-bond donors (Lipinski definition) is 1. The number of nitrogens with zero attached hydrogens (tertiary/aromatic N) is 4. The molecule has 28 heavy (non-hydrogen) atoms. The van der Waals surface area contributed by atoms with Gasteiger partial charge in [0.1, 0.15) is 8.45 Å². The topological polar surface area (TPSA) is 77.0 Å². The van der Waals surface area contributed by atoms with E-state index in [-0.39, 0.29) is 16.2 Å². The van der Waals surface area contributed by atoms with Crippen LogP contribution in [0.4, 0.5) is 5.95 Å². The highest BCUT2D eigenvalue weighted by Crippen LogP contribution is 2.52. The molecule has 0 radical (unpaired) electrons. The van der Waals surface area contributed by atoms with E-state index in [1.165, 1.54) is 11.1 Å². The van der Waals surface area contributed by atoms with Gasteiger partial charge in [0.2, 0.25) is 5.95 Å². The van der Waals surface area contributed by atoms with E-state index in [2.05, 4.69) is 71.7 Å². The Bertz CT molecular complexity index is 833. The smallest absolute Gasteiger partial charge is 0.245 e. The van der Waals surface area contributed by atoms with Crippen LogP contribution in [-0.4, -0.2) is 37.6 Å². The van der Waals surface area contributed by atoms with Crippen LogP contribution in [0.5, 0.6) is 0 Å². The van der Waals surface area contributed by atoms with Crippen LogP contribution in [-0.2, 0) is 17.8 Å². The zero-order valence-electron chi connectivity index (χ0n) is 16.5. The molecule has 2 heterocycles. The molecule has 1 saturated heterocycles. The second-order valence-electron chi connectivity index (χ2n) is 8.74. The highest BCUT2D eigenvalue weighted by molar-refractivity contribution is 14.1. The summed E-state index contributed by atoms with van der Waals surface area (Å²) < 4.78 is 17.0. The van der Waals surface area contributed by atoms with Crippen LogP contribution in [0.1, 0.15) is 50.8 Å². The molecule has 1 spiro atoms. The molecule has 6 nitrogen and oxygen atoms in total. The predicted octanol–water partition coefficient (Wildman–Crippen LogP) is 3.41. The summed E-state index contributed by atoms with van der Waals surface area (Å²) in [6, 6.07) is 8.72. The molecule has 4 rings (SSSR count). The van der Waals surface area contributed by atoms with Gasteiger partial charge < -0.3 is 9.45 Å². The van der Waals surface area contributed by atoms with Gasteiger partial charge in [-0.15, -0.1) is 14.9 Å². The van der Waals surface area contributed by atoms with Crippen molar-refractivity contribution in [1.29, 1.82) is 0 Å². The monoisotopic (exact) mass is 511 g/mol. The molecule has 2 aromatic rings. The molecule has 0 saturated carbocycles. The maximum absolute atomic E-state index is 12.9. The normalized spacial score (nSPS) is 22.3. The van der Waals surface area contributed by atoms with Crippen LogP contribution in [0, 0.1) is 9.12 Å². The highest BCUT2D eigenvalue weighted by atomic mass is 127. The summed E-state index contributed by atoms with van der Waals surface area (Å²) in [5.74, 6) is 0.702. The first-order valence-corrected chi connectivity index (χ1v) is 11.9. The summed E-state index contributed by atoms with van der Waals surface area (Å²) in [6.45, 7) is 7.83. The van der Waals surface area contributed by atoms with Crippen molar-refractivity contribution >= 4 is 39.9 Å². The van der Waals surface area contributed by atoms with E-state index in [0.717, 1.165) is 36.1 Å². The Morgan fingerprint density at radius 3 is 2.57 bits per heavy atom. The molecule has 150 valence electrons. The first-order valence-electron chi connectivity index (χ1n) is 9.65. The van der Waals surface area contributed by atoms with Crippen LogP contribution in [0.2, 0.25) is 0 Å². The van der Waals surface area contributed by atoms with Gasteiger partial charge in [-0.05, 0) is 73.8 Å². The van der Waals surface area contributed by atoms with Gasteiger partial charge in [-0.3, -0.25) is 0 Å². The summed E-state index contributed by atoms with van der Waals surface area (Å²) in [4.78, 5) is 6.65. The molecule has 1 aromatic heterocycles. The molecule has 1 N–H and O–H groups in total. The third-order valence-corrected chi connectivity index (χ3v) is 7.92. The van der Waals surface area contributed by atoms with Gasteiger partial charge >= 0.3 is 0 Å². The number of aromatic nitrogens is 3. The van der Waals surface area contributed by atoms with Crippen molar-refractivity contribution in [2.24, 2.45) is 5.41 Å². The molecule has 1 aromatic carbocycles. The Labute approximate surface area is 183 Å². The van der Waals surface area contributed by atoms with E-state index >= 15 is 0 Å². The quantitative estimate of drug-likeness (QED) is 0.503. The predicted molar refractivity (Wildman–Crippen MR) is 120 cm³/mol. The maximum atomic E-state index is 12.9. The fourth-order valence-corrected chi connectivity index (χ4v) is 5.47. The maximum Gasteiger partial charge on any atom is 0.245 e. The van der Waals surface area contributed by atoms with Crippen LogP contribution in [0.15, 0.2) is 30.5 Å². The summed E-state index contributed by atoms with van der Waals surface area (Å²) in [5.41, 5.74) is 2.77. The Morgan fingerprint density at radius 1 is 1.21 bits per heavy atom. The minimum Gasteiger partial charge on any atom is -0.598 e. The Balaban J connectivity index is 1.56. The van der Waals surface area contributed by atoms with Crippen LogP contribution in [0.25, 0.3) is 0 Å². The molecule has 1 aliphatic heterocycles. The Hall–Kier alpha value is -0.970. The van der Waals surface area contributed by atoms with E-state index < -0.39 is 11.4 Å². The van der Waals surface area contributed by atoms with Gasteiger partial charge in [0, 0.05) is 29.9 Å². The van der Waals surface area contributed by atoms with Crippen LogP contribution >= 0.6 is 22.6 Å². The zero-order valence-corrected chi connectivity index (χ0v) is 19.5. The molecule has 2 aliphatic rings. The first-order chi connectivity index (χ1) is 13.3. The number of benzene rings is 1. The molecular formula is C20H26IN5OS. The fourth-order valence-electron chi connectivity index (χ4n) is 4.28. The van der Waals surface area contributed by atoms with Crippen molar-refractivity contribution < 1.29 is 4.55 Å². The van der Waals surface area contributed by atoms with E-state index in [1.54, 1.807) is 6.20 Å². The largest absolute Gasteiger partial charge is 0.598 e. The summed E-state index contributed by atoms with van der Waals surface area (Å²) >= 11 is 1.01. The lowest BCUT2D eigenvalue weighted by Crippen LogP contribution is -2.50.